The average molecular weight is 383 g/mol. The van der Waals surface area contributed by atoms with E-state index >= 15 is 0 Å². The van der Waals surface area contributed by atoms with Gasteiger partial charge in [-0.25, -0.2) is 9.78 Å². The van der Waals surface area contributed by atoms with Gasteiger partial charge in [0.15, 0.2) is 0 Å². The summed E-state index contributed by atoms with van der Waals surface area (Å²) in [4.78, 5) is 30.7. The van der Waals surface area contributed by atoms with Crippen LogP contribution in [0.15, 0.2) is 36.5 Å². The number of nitrogens with zero attached hydrogens (tertiary/aromatic N) is 2. The van der Waals surface area contributed by atoms with Crippen molar-refractivity contribution in [3.63, 3.8) is 0 Å². The van der Waals surface area contributed by atoms with E-state index in [0.717, 1.165) is 5.56 Å². The molecule has 6 nitrogen and oxygen atoms in total. The largest absolute Gasteiger partial charge is 0.478 e. The number of anilines is 2. The number of carbonyl (C=O) groups is 2. The van der Waals surface area contributed by atoms with Crippen molar-refractivity contribution in [1.82, 2.24) is 4.98 Å². The molecule has 0 fully saturated rings. The highest BCUT2D eigenvalue weighted by atomic mass is 16.4. The summed E-state index contributed by atoms with van der Waals surface area (Å²) in [5, 5.41) is 12.4. The SMILES string of the molecule is Cc1ccc(C(=O)Nc2cnc(N(CC(C)C)CC(C)C)c(C(=O)O)c2)cc1. The molecule has 28 heavy (non-hydrogen) atoms. The highest BCUT2D eigenvalue weighted by Gasteiger charge is 2.21. The molecule has 0 unspecified atom stereocenters. The summed E-state index contributed by atoms with van der Waals surface area (Å²) < 4.78 is 0. The molecule has 0 aliphatic rings. The van der Waals surface area contributed by atoms with Gasteiger partial charge in [-0.15, -0.1) is 0 Å². The van der Waals surface area contributed by atoms with Gasteiger partial charge >= 0.3 is 5.97 Å². The molecular formula is C22H29N3O3. The van der Waals surface area contributed by atoms with Crippen LogP contribution < -0.4 is 10.2 Å². The van der Waals surface area contributed by atoms with E-state index in [1.165, 1.54) is 12.3 Å². The number of aromatic nitrogens is 1. The first kappa shape index (κ1) is 21.4. The Morgan fingerprint density at radius 1 is 1.07 bits per heavy atom. The summed E-state index contributed by atoms with van der Waals surface area (Å²) in [7, 11) is 0. The van der Waals surface area contributed by atoms with Gasteiger partial charge in [0.25, 0.3) is 5.91 Å². The monoisotopic (exact) mass is 383 g/mol. The molecule has 2 N–H and O–H groups in total. The number of nitrogens with one attached hydrogen (secondary N) is 1. The minimum absolute atomic E-state index is 0.0861. The number of hydrogen-bond donors (Lipinski definition) is 2. The van der Waals surface area contributed by atoms with E-state index in [1.54, 1.807) is 12.1 Å². The number of carboxylic acids is 1. The summed E-state index contributed by atoms with van der Waals surface area (Å²) in [6.45, 7) is 11.7. The number of aromatic carboxylic acids is 1. The molecular weight excluding hydrogens is 354 g/mol. The van der Waals surface area contributed by atoms with E-state index in [2.05, 4.69) is 38.0 Å². The van der Waals surface area contributed by atoms with Crippen LogP contribution in [0.1, 0.15) is 54.0 Å². The fourth-order valence-corrected chi connectivity index (χ4v) is 2.97. The van der Waals surface area contributed by atoms with E-state index in [-0.39, 0.29) is 11.5 Å². The summed E-state index contributed by atoms with van der Waals surface area (Å²) >= 11 is 0. The Morgan fingerprint density at radius 3 is 2.14 bits per heavy atom. The number of amides is 1. The number of carboxylic acid groups (broad SMARTS) is 1. The van der Waals surface area contributed by atoms with Crippen LogP contribution in [0.5, 0.6) is 0 Å². The third-order valence-corrected chi connectivity index (χ3v) is 4.14. The molecule has 1 amide bonds. The number of pyridine rings is 1. The third kappa shape index (κ3) is 5.81. The van der Waals surface area contributed by atoms with Gasteiger partial charge < -0.3 is 15.3 Å². The van der Waals surface area contributed by atoms with E-state index in [4.69, 9.17) is 0 Å². The Balaban J connectivity index is 2.31. The van der Waals surface area contributed by atoms with Crippen LogP contribution in [-0.4, -0.2) is 35.1 Å². The Morgan fingerprint density at radius 2 is 1.64 bits per heavy atom. The maximum absolute atomic E-state index is 12.4. The maximum atomic E-state index is 12.4. The quantitative estimate of drug-likeness (QED) is 0.703. The second-order valence-electron chi connectivity index (χ2n) is 7.91. The number of carbonyl (C=O) groups excluding carboxylic acids is 1. The van der Waals surface area contributed by atoms with Crippen molar-refractivity contribution >= 4 is 23.4 Å². The highest BCUT2D eigenvalue weighted by Crippen LogP contribution is 2.24. The van der Waals surface area contributed by atoms with Gasteiger partial charge in [0.1, 0.15) is 11.4 Å². The Labute approximate surface area is 166 Å². The fourth-order valence-electron chi connectivity index (χ4n) is 2.97. The Bertz CT molecular complexity index is 819. The summed E-state index contributed by atoms with van der Waals surface area (Å²) in [6, 6.07) is 8.66. The number of benzene rings is 1. The zero-order valence-electron chi connectivity index (χ0n) is 17.2. The molecule has 0 bridgehead atoms. The maximum Gasteiger partial charge on any atom is 0.339 e. The minimum atomic E-state index is -1.06. The van der Waals surface area contributed by atoms with Crippen LogP contribution in [0.3, 0.4) is 0 Å². The number of hydrogen-bond acceptors (Lipinski definition) is 4. The van der Waals surface area contributed by atoms with Crippen LogP contribution in [0.2, 0.25) is 0 Å². The zero-order valence-corrected chi connectivity index (χ0v) is 17.2. The van der Waals surface area contributed by atoms with Crippen molar-refractivity contribution in [2.45, 2.75) is 34.6 Å². The van der Waals surface area contributed by atoms with Gasteiger partial charge in [0, 0.05) is 18.7 Å². The lowest BCUT2D eigenvalue weighted by atomic mass is 10.1. The lowest BCUT2D eigenvalue weighted by Crippen LogP contribution is -2.33. The fraction of sp³-hybridized carbons (Fsp3) is 0.409. The van der Waals surface area contributed by atoms with Crippen LogP contribution in [0.4, 0.5) is 11.5 Å². The van der Waals surface area contributed by atoms with Gasteiger partial charge in [-0.2, -0.15) is 0 Å². The highest BCUT2D eigenvalue weighted by molar-refractivity contribution is 6.05. The van der Waals surface area contributed by atoms with Crippen LogP contribution in [0.25, 0.3) is 0 Å². The smallest absolute Gasteiger partial charge is 0.339 e. The standard InChI is InChI=1S/C22H29N3O3/c1-14(2)12-25(13-15(3)4)20-19(22(27)28)10-18(11-23-20)24-21(26)17-8-6-16(5)7-9-17/h6-11,14-15H,12-13H2,1-5H3,(H,24,26)(H,27,28). The van der Waals surface area contributed by atoms with Gasteiger partial charge in [0.2, 0.25) is 0 Å². The second-order valence-corrected chi connectivity index (χ2v) is 7.91. The third-order valence-electron chi connectivity index (χ3n) is 4.14. The van der Waals surface area contributed by atoms with Crippen molar-refractivity contribution in [3.8, 4) is 0 Å². The number of aryl methyl sites for hydroxylation is 1. The molecule has 1 aromatic heterocycles. The molecule has 0 aliphatic carbocycles. The van der Waals surface area contributed by atoms with Crippen molar-refractivity contribution in [1.29, 1.82) is 0 Å². The first-order valence-electron chi connectivity index (χ1n) is 9.53. The summed E-state index contributed by atoms with van der Waals surface area (Å²) in [5.41, 5.74) is 2.02. The molecule has 150 valence electrons. The molecule has 0 aliphatic heterocycles. The molecule has 0 spiro atoms. The molecule has 0 saturated carbocycles. The molecule has 0 saturated heterocycles. The van der Waals surface area contributed by atoms with Gasteiger partial charge in [0.05, 0.1) is 11.9 Å². The van der Waals surface area contributed by atoms with Crippen LogP contribution in [-0.2, 0) is 0 Å². The predicted octanol–water partition coefficient (Wildman–Crippen LogP) is 4.46. The van der Waals surface area contributed by atoms with Gasteiger partial charge in [-0.1, -0.05) is 45.4 Å². The molecule has 1 aromatic carbocycles. The van der Waals surface area contributed by atoms with Crippen molar-refractivity contribution in [3.05, 3.63) is 53.2 Å². The Kier molecular flexibility index (Phi) is 7.15. The van der Waals surface area contributed by atoms with Crippen LogP contribution in [0, 0.1) is 18.8 Å². The molecule has 6 heteroatoms. The van der Waals surface area contributed by atoms with Crippen molar-refractivity contribution in [2.75, 3.05) is 23.3 Å². The minimum Gasteiger partial charge on any atom is -0.478 e. The molecule has 0 radical (unpaired) electrons. The van der Waals surface area contributed by atoms with Gasteiger partial charge in [-0.05, 0) is 37.0 Å². The van der Waals surface area contributed by atoms with Crippen LogP contribution >= 0.6 is 0 Å². The number of rotatable bonds is 8. The average Bonchev–Trinajstić information content (AvgIpc) is 2.60. The topological polar surface area (TPSA) is 82.5 Å². The van der Waals surface area contributed by atoms with Gasteiger partial charge in [-0.3, -0.25) is 4.79 Å². The second kappa shape index (κ2) is 9.35. The predicted molar refractivity (Wildman–Crippen MR) is 112 cm³/mol. The van der Waals surface area contributed by atoms with E-state index in [1.807, 2.05) is 24.0 Å². The zero-order chi connectivity index (χ0) is 20.8. The summed E-state index contributed by atoms with van der Waals surface area (Å²) in [6.07, 6.45) is 1.52. The Hall–Kier alpha value is -2.89. The lowest BCUT2D eigenvalue weighted by Gasteiger charge is -2.28. The van der Waals surface area contributed by atoms with E-state index in [0.29, 0.717) is 42.0 Å². The normalized spacial score (nSPS) is 11.0. The first-order chi connectivity index (χ1) is 13.2. The van der Waals surface area contributed by atoms with Crippen molar-refractivity contribution < 1.29 is 14.7 Å². The molecule has 2 rings (SSSR count). The van der Waals surface area contributed by atoms with Crippen molar-refractivity contribution in [2.24, 2.45) is 11.8 Å². The van der Waals surface area contributed by atoms with E-state index in [9.17, 15) is 14.7 Å². The molecule has 2 aromatic rings. The van der Waals surface area contributed by atoms with E-state index < -0.39 is 5.97 Å². The molecule has 1 heterocycles. The first-order valence-corrected chi connectivity index (χ1v) is 9.53. The summed E-state index contributed by atoms with van der Waals surface area (Å²) in [5.74, 6) is -0.201. The molecule has 0 atom stereocenters. The lowest BCUT2D eigenvalue weighted by molar-refractivity contribution is 0.0696.